The molecule has 2 aliphatic rings. The molecule has 0 aliphatic carbocycles. The van der Waals surface area contributed by atoms with Crippen molar-refractivity contribution in [2.75, 3.05) is 32.7 Å². The highest BCUT2D eigenvalue weighted by molar-refractivity contribution is 4.87. The Balaban J connectivity index is 1.87. The number of piperidine rings is 1. The molecular weight excluding hydrogens is 202 g/mol. The van der Waals surface area contributed by atoms with Crippen LogP contribution in [0.1, 0.15) is 32.1 Å². The van der Waals surface area contributed by atoms with Gasteiger partial charge in [-0.05, 0) is 51.7 Å². The lowest BCUT2D eigenvalue weighted by atomic mass is 9.95. The van der Waals surface area contributed by atoms with Crippen LogP contribution in [0.4, 0.5) is 0 Å². The first-order valence-electron chi connectivity index (χ1n) is 6.61. The van der Waals surface area contributed by atoms with Crippen LogP contribution in [0.25, 0.3) is 0 Å². The van der Waals surface area contributed by atoms with Crippen LogP contribution >= 0.6 is 0 Å². The van der Waals surface area contributed by atoms with Gasteiger partial charge in [-0.2, -0.15) is 0 Å². The van der Waals surface area contributed by atoms with Crippen LogP contribution in [-0.2, 0) is 0 Å². The first-order valence-corrected chi connectivity index (χ1v) is 6.61. The van der Waals surface area contributed by atoms with Gasteiger partial charge >= 0.3 is 0 Å². The smallest absolute Gasteiger partial charge is 0.0782 e. The normalized spacial score (nSPS) is 34.9. The Hall–Kier alpha value is -0.160. The lowest BCUT2D eigenvalue weighted by molar-refractivity contribution is 0.0321. The molecule has 0 radical (unpaired) electrons. The van der Waals surface area contributed by atoms with Gasteiger partial charge in [0.05, 0.1) is 5.60 Å². The van der Waals surface area contributed by atoms with Crippen molar-refractivity contribution in [2.24, 2.45) is 5.73 Å². The topological polar surface area (TPSA) is 61.5 Å². The van der Waals surface area contributed by atoms with E-state index in [0.29, 0.717) is 6.54 Å². The summed E-state index contributed by atoms with van der Waals surface area (Å²) in [5.74, 6) is 0. The van der Waals surface area contributed by atoms with Crippen LogP contribution in [0.3, 0.4) is 0 Å². The van der Waals surface area contributed by atoms with Gasteiger partial charge in [0, 0.05) is 19.1 Å². The summed E-state index contributed by atoms with van der Waals surface area (Å²) in [6.45, 7) is 4.84. The van der Waals surface area contributed by atoms with Gasteiger partial charge in [-0.1, -0.05) is 0 Å². The van der Waals surface area contributed by atoms with E-state index >= 15 is 0 Å². The second kappa shape index (κ2) is 5.45. The largest absolute Gasteiger partial charge is 0.389 e. The minimum Gasteiger partial charge on any atom is -0.389 e. The fourth-order valence-electron chi connectivity index (χ4n) is 2.94. The maximum absolute atomic E-state index is 10.2. The van der Waals surface area contributed by atoms with Crippen molar-refractivity contribution in [1.29, 1.82) is 0 Å². The van der Waals surface area contributed by atoms with Gasteiger partial charge in [0.15, 0.2) is 0 Å². The van der Waals surface area contributed by atoms with Crippen LogP contribution in [0.15, 0.2) is 0 Å². The van der Waals surface area contributed by atoms with Crippen molar-refractivity contribution in [3.05, 3.63) is 0 Å². The van der Waals surface area contributed by atoms with Crippen molar-refractivity contribution in [2.45, 2.75) is 43.7 Å². The molecule has 2 heterocycles. The third-order valence-corrected chi connectivity index (χ3v) is 4.16. The quantitative estimate of drug-likeness (QED) is 0.617. The summed E-state index contributed by atoms with van der Waals surface area (Å²) in [5, 5.41) is 13.6. The van der Waals surface area contributed by atoms with Crippen LogP contribution in [-0.4, -0.2) is 54.4 Å². The molecule has 4 heteroatoms. The molecule has 0 amide bonds. The average molecular weight is 227 g/mol. The molecule has 4 nitrogen and oxygen atoms in total. The number of nitrogens with zero attached hydrogens (tertiary/aromatic N) is 1. The van der Waals surface area contributed by atoms with Gasteiger partial charge in [-0.25, -0.2) is 0 Å². The van der Waals surface area contributed by atoms with Gasteiger partial charge in [0.25, 0.3) is 0 Å². The summed E-state index contributed by atoms with van der Waals surface area (Å²) in [4.78, 5) is 2.56. The molecule has 0 spiro atoms. The minimum absolute atomic E-state index is 0.410. The van der Waals surface area contributed by atoms with Gasteiger partial charge in [0.2, 0.25) is 0 Å². The van der Waals surface area contributed by atoms with Gasteiger partial charge in [-0.15, -0.1) is 0 Å². The third kappa shape index (κ3) is 2.94. The molecule has 1 unspecified atom stereocenters. The zero-order chi connectivity index (χ0) is 11.4. The summed E-state index contributed by atoms with van der Waals surface area (Å²) in [6.07, 6.45) is 5.29. The molecule has 2 rings (SSSR count). The van der Waals surface area contributed by atoms with E-state index in [2.05, 4.69) is 10.2 Å². The van der Waals surface area contributed by atoms with Crippen molar-refractivity contribution < 1.29 is 5.11 Å². The molecule has 0 aromatic rings. The van der Waals surface area contributed by atoms with E-state index in [9.17, 15) is 5.11 Å². The Morgan fingerprint density at radius 2 is 2.00 bits per heavy atom. The second-order valence-corrected chi connectivity index (χ2v) is 5.30. The number of likely N-dealkylation sites (tertiary alicyclic amines) is 1. The zero-order valence-electron chi connectivity index (χ0n) is 10.1. The predicted molar refractivity (Wildman–Crippen MR) is 65.3 cm³/mol. The number of hydrogen-bond acceptors (Lipinski definition) is 4. The maximum Gasteiger partial charge on any atom is 0.0782 e. The Bertz CT molecular complexity index is 218. The monoisotopic (exact) mass is 227 g/mol. The summed E-state index contributed by atoms with van der Waals surface area (Å²) < 4.78 is 0. The van der Waals surface area contributed by atoms with Crippen LogP contribution in [0.2, 0.25) is 0 Å². The highest BCUT2D eigenvalue weighted by Crippen LogP contribution is 2.24. The zero-order valence-corrected chi connectivity index (χ0v) is 10.1. The fourth-order valence-corrected chi connectivity index (χ4v) is 2.94. The van der Waals surface area contributed by atoms with Gasteiger partial charge in [0.1, 0.15) is 0 Å². The van der Waals surface area contributed by atoms with Crippen LogP contribution in [0, 0.1) is 0 Å². The molecule has 2 fully saturated rings. The van der Waals surface area contributed by atoms with Crippen molar-refractivity contribution in [3.8, 4) is 0 Å². The standard InChI is InChI=1S/C12H25N3O/c13-10-12(16)4-1-8-15(9-5-12)11-2-6-14-7-3-11/h11,14,16H,1-10,13H2. The van der Waals surface area contributed by atoms with Crippen molar-refractivity contribution in [3.63, 3.8) is 0 Å². The first kappa shape index (κ1) is 12.3. The highest BCUT2D eigenvalue weighted by atomic mass is 16.3. The molecule has 0 saturated carbocycles. The molecule has 0 aromatic carbocycles. The Morgan fingerprint density at radius 3 is 2.69 bits per heavy atom. The second-order valence-electron chi connectivity index (χ2n) is 5.30. The van der Waals surface area contributed by atoms with E-state index in [1.165, 1.54) is 12.8 Å². The van der Waals surface area contributed by atoms with Crippen LogP contribution in [0.5, 0.6) is 0 Å². The Labute approximate surface area is 98.2 Å². The molecule has 1 atom stereocenters. The van der Waals surface area contributed by atoms with E-state index in [1.807, 2.05) is 0 Å². The highest BCUT2D eigenvalue weighted by Gasteiger charge is 2.31. The first-order chi connectivity index (χ1) is 7.73. The number of nitrogens with two attached hydrogens (primary N) is 1. The lowest BCUT2D eigenvalue weighted by Crippen LogP contribution is -2.44. The van der Waals surface area contributed by atoms with Gasteiger partial charge in [-0.3, -0.25) is 0 Å². The Morgan fingerprint density at radius 1 is 1.25 bits per heavy atom. The third-order valence-electron chi connectivity index (χ3n) is 4.16. The van der Waals surface area contributed by atoms with Crippen molar-refractivity contribution >= 4 is 0 Å². The average Bonchev–Trinajstić information content (AvgIpc) is 2.53. The molecule has 0 aromatic heterocycles. The molecule has 2 aliphatic heterocycles. The fraction of sp³-hybridized carbons (Fsp3) is 1.00. The summed E-state index contributed by atoms with van der Waals surface area (Å²) in [6, 6.07) is 0.723. The van der Waals surface area contributed by atoms with E-state index in [1.54, 1.807) is 0 Å². The van der Waals surface area contributed by atoms with Crippen molar-refractivity contribution in [1.82, 2.24) is 10.2 Å². The summed E-state index contributed by atoms with van der Waals surface area (Å²) in [5.41, 5.74) is 5.06. The predicted octanol–water partition coefficient (Wildman–Crippen LogP) is -0.0859. The molecule has 16 heavy (non-hydrogen) atoms. The summed E-state index contributed by atoms with van der Waals surface area (Å²) >= 11 is 0. The van der Waals surface area contributed by atoms with Crippen LogP contribution < -0.4 is 11.1 Å². The molecule has 0 bridgehead atoms. The number of aliphatic hydroxyl groups is 1. The molecule has 94 valence electrons. The summed E-state index contributed by atoms with van der Waals surface area (Å²) in [7, 11) is 0. The maximum atomic E-state index is 10.2. The van der Waals surface area contributed by atoms with E-state index in [-0.39, 0.29) is 0 Å². The molecular formula is C12H25N3O. The SMILES string of the molecule is NCC1(O)CCCN(C2CCNCC2)CC1. The molecule has 4 N–H and O–H groups in total. The van der Waals surface area contributed by atoms with E-state index in [4.69, 9.17) is 5.73 Å². The number of nitrogens with one attached hydrogen (secondary N) is 1. The Kier molecular flexibility index (Phi) is 4.19. The number of rotatable bonds is 2. The minimum atomic E-state index is -0.596. The number of hydrogen-bond donors (Lipinski definition) is 3. The lowest BCUT2D eigenvalue weighted by Gasteiger charge is -2.34. The van der Waals surface area contributed by atoms with Gasteiger partial charge < -0.3 is 21.1 Å². The van der Waals surface area contributed by atoms with E-state index in [0.717, 1.165) is 51.5 Å². The molecule has 2 saturated heterocycles. The van der Waals surface area contributed by atoms with E-state index < -0.39 is 5.60 Å².